The fourth-order valence-electron chi connectivity index (χ4n) is 2.03. The summed E-state index contributed by atoms with van der Waals surface area (Å²) in [6, 6.07) is 0. The fourth-order valence-corrected chi connectivity index (χ4v) is 2.03. The predicted molar refractivity (Wildman–Crippen MR) is 58.5 cm³/mol. The maximum absolute atomic E-state index is 12.9. The van der Waals surface area contributed by atoms with E-state index in [4.69, 9.17) is 14.2 Å². The molecular weight excluding hydrogens is 262 g/mol. The molecule has 19 heavy (non-hydrogen) atoms. The summed E-state index contributed by atoms with van der Waals surface area (Å²) in [6.07, 6.45) is -2.59. The van der Waals surface area contributed by atoms with Crippen molar-refractivity contribution in [1.29, 1.82) is 0 Å². The predicted octanol–water partition coefficient (Wildman–Crippen LogP) is 1.30. The van der Waals surface area contributed by atoms with Crippen LogP contribution in [0, 0.1) is 5.41 Å². The molecule has 7 heteroatoms. The highest BCUT2D eigenvalue weighted by Gasteiger charge is 2.48. The minimum absolute atomic E-state index is 0.117. The van der Waals surface area contributed by atoms with Gasteiger partial charge in [0.05, 0.1) is 0 Å². The molecule has 0 N–H and O–H groups in total. The molecule has 0 saturated carbocycles. The van der Waals surface area contributed by atoms with Gasteiger partial charge in [-0.05, 0) is 6.42 Å². The Morgan fingerprint density at radius 3 is 2.53 bits per heavy atom. The Morgan fingerprint density at radius 1 is 1.37 bits per heavy atom. The van der Waals surface area contributed by atoms with Crippen molar-refractivity contribution in [2.75, 3.05) is 13.2 Å². The van der Waals surface area contributed by atoms with E-state index >= 15 is 0 Å². The van der Waals surface area contributed by atoms with Crippen molar-refractivity contribution in [3.05, 3.63) is 0 Å². The largest absolute Gasteiger partial charge is 0.462 e. The SMILES string of the molecule is CC1(C)COC(=O)[C@@H]1OC(=O)[C@@H]1CCC(F)(F)CO1. The number of esters is 2. The maximum atomic E-state index is 12.9. The molecule has 2 heterocycles. The Hall–Kier alpha value is -1.24. The first-order chi connectivity index (χ1) is 8.71. The van der Waals surface area contributed by atoms with Crippen LogP contribution in [0.2, 0.25) is 0 Å². The van der Waals surface area contributed by atoms with Crippen molar-refractivity contribution in [3.8, 4) is 0 Å². The summed E-state index contributed by atoms with van der Waals surface area (Å²) in [5.74, 6) is -4.30. The Bertz CT molecular complexity index is 384. The lowest BCUT2D eigenvalue weighted by Crippen LogP contribution is -2.43. The standard InChI is InChI=1S/C12H16F2O5/c1-11(2)5-18-10(16)8(11)19-9(15)7-3-4-12(13,14)6-17-7/h7-8H,3-6H2,1-2H3/t7-,8-/m0/s1. The highest BCUT2D eigenvalue weighted by atomic mass is 19.3. The van der Waals surface area contributed by atoms with E-state index in [-0.39, 0.29) is 13.0 Å². The number of carbonyl (C=O) groups is 2. The second-order valence-corrected chi connectivity index (χ2v) is 5.61. The van der Waals surface area contributed by atoms with Crippen LogP contribution < -0.4 is 0 Å². The molecule has 0 spiro atoms. The summed E-state index contributed by atoms with van der Waals surface area (Å²) in [7, 11) is 0. The van der Waals surface area contributed by atoms with Gasteiger partial charge in [0.25, 0.3) is 5.92 Å². The zero-order valence-corrected chi connectivity index (χ0v) is 10.8. The Morgan fingerprint density at radius 2 is 2.05 bits per heavy atom. The molecule has 2 atom stereocenters. The highest BCUT2D eigenvalue weighted by molar-refractivity contribution is 5.83. The monoisotopic (exact) mass is 278 g/mol. The van der Waals surface area contributed by atoms with Gasteiger partial charge in [0.15, 0.2) is 6.10 Å². The zero-order chi connectivity index (χ0) is 14.3. The van der Waals surface area contributed by atoms with E-state index in [9.17, 15) is 18.4 Å². The van der Waals surface area contributed by atoms with Crippen LogP contribution in [0.25, 0.3) is 0 Å². The molecule has 2 saturated heterocycles. The van der Waals surface area contributed by atoms with E-state index in [0.717, 1.165) is 0 Å². The van der Waals surface area contributed by atoms with Crippen LogP contribution in [0.1, 0.15) is 26.7 Å². The van der Waals surface area contributed by atoms with Gasteiger partial charge in [-0.1, -0.05) is 13.8 Å². The van der Waals surface area contributed by atoms with E-state index in [1.54, 1.807) is 13.8 Å². The van der Waals surface area contributed by atoms with Crippen LogP contribution in [-0.2, 0) is 23.8 Å². The first-order valence-electron chi connectivity index (χ1n) is 6.08. The summed E-state index contributed by atoms with van der Waals surface area (Å²) in [4.78, 5) is 23.2. The third kappa shape index (κ3) is 3.02. The van der Waals surface area contributed by atoms with Crippen LogP contribution in [0.4, 0.5) is 8.78 Å². The van der Waals surface area contributed by atoms with Crippen molar-refractivity contribution < 1.29 is 32.6 Å². The lowest BCUT2D eigenvalue weighted by molar-refractivity contribution is -0.189. The zero-order valence-electron chi connectivity index (χ0n) is 10.8. The molecule has 0 amide bonds. The molecule has 2 rings (SSSR count). The molecule has 0 radical (unpaired) electrons. The minimum atomic E-state index is -2.90. The third-order valence-electron chi connectivity index (χ3n) is 3.28. The number of carbonyl (C=O) groups excluding carboxylic acids is 2. The van der Waals surface area contributed by atoms with Crippen LogP contribution >= 0.6 is 0 Å². The molecule has 108 valence electrons. The molecule has 0 unspecified atom stereocenters. The van der Waals surface area contributed by atoms with Crippen molar-refractivity contribution in [1.82, 2.24) is 0 Å². The van der Waals surface area contributed by atoms with E-state index in [1.165, 1.54) is 0 Å². The van der Waals surface area contributed by atoms with Crippen molar-refractivity contribution in [2.45, 2.75) is 44.8 Å². The first kappa shape index (κ1) is 14.2. The summed E-state index contributed by atoms with van der Waals surface area (Å²) in [5, 5.41) is 0. The summed E-state index contributed by atoms with van der Waals surface area (Å²) < 4.78 is 40.4. The van der Waals surface area contributed by atoms with Gasteiger partial charge in [-0.3, -0.25) is 0 Å². The number of hydrogen-bond acceptors (Lipinski definition) is 5. The number of alkyl halides is 2. The van der Waals surface area contributed by atoms with E-state index in [2.05, 4.69) is 0 Å². The Balaban J connectivity index is 1.93. The van der Waals surface area contributed by atoms with Crippen molar-refractivity contribution >= 4 is 11.9 Å². The molecular formula is C12H16F2O5. The van der Waals surface area contributed by atoms with Gasteiger partial charge in [0, 0.05) is 11.8 Å². The van der Waals surface area contributed by atoms with E-state index in [0.29, 0.717) is 0 Å². The number of hydrogen-bond donors (Lipinski definition) is 0. The van der Waals surface area contributed by atoms with Gasteiger partial charge in [0.1, 0.15) is 13.2 Å². The Kier molecular flexibility index (Phi) is 3.51. The van der Waals surface area contributed by atoms with Gasteiger partial charge in [0.2, 0.25) is 6.10 Å². The van der Waals surface area contributed by atoms with Crippen LogP contribution in [-0.4, -0.2) is 43.3 Å². The van der Waals surface area contributed by atoms with Crippen molar-refractivity contribution in [3.63, 3.8) is 0 Å². The molecule has 0 aromatic heterocycles. The smallest absolute Gasteiger partial charge is 0.348 e. The number of halogens is 2. The molecule has 0 aromatic carbocycles. The van der Waals surface area contributed by atoms with Gasteiger partial charge < -0.3 is 14.2 Å². The third-order valence-corrected chi connectivity index (χ3v) is 3.28. The normalized spacial score (nSPS) is 32.7. The maximum Gasteiger partial charge on any atom is 0.348 e. The molecule has 2 fully saturated rings. The molecule has 0 aliphatic carbocycles. The molecule has 5 nitrogen and oxygen atoms in total. The van der Waals surface area contributed by atoms with E-state index < -0.39 is 48.5 Å². The van der Waals surface area contributed by atoms with Gasteiger partial charge in [-0.25, -0.2) is 18.4 Å². The highest BCUT2D eigenvalue weighted by Crippen LogP contribution is 2.33. The van der Waals surface area contributed by atoms with E-state index in [1.807, 2.05) is 0 Å². The average Bonchev–Trinajstić information content (AvgIpc) is 2.56. The quantitative estimate of drug-likeness (QED) is 0.712. The number of rotatable bonds is 2. The minimum Gasteiger partial charge on any atom is -0.462 e. The van der Waals surface area contributed by atoms with Gasteiger partial charge in [-0.2, -0.15) is 0 Å². The Labute approximate surface area is 109 Å². The number of cyclic esters (lactones) is 1. The first-order valence-corrected chi connectivity index (χ1v) is 6.08. The molecule has 0 bridgehead atoms. The second-order valence-electron chi connectivity index (χ2n) is 5.61. The van der Waals surface area contributed by atoms with Crippen LogP contribution in [0.3, 0.4) is 0 Å². The molecule has 0 aromatic rings. The molecule has 2 aliphatic heterocycles. The van der Waals surface area contributed by atoms with Crippen molar-refractivity contribution in [2.24, 2.45) is 5.41 Å². The second kappa shape index (κ2) is 4.70. The lowest BCUT2D eigenvalue weighted by Gasteiger charge is -2.29. The summed E-state index contributed by atoms with van der Waals surface area (Å²) >= 11 is 0. The van der Waals surface area contributed by atoms with Gasteiger partial charge in [-0.15, -0.1) is 0 Å². The molecule has 2 aliphatic rings. The van der Waals surface area contributed by atoms with Crippen LogP contribution in [0.5, 0.6) is 0 Å². The summed E-state index contributed by atoms with van der Waals surface area (Å²) in [6.45, 7) is 2.82. The average molecular weight is 278 g/mol. The summed E-state index contributed by atoms with van der Waals surface area (Å²) in [5.41, 5.74) is -0.620. The van der Waals surface area contributed by atoms with Crippen LogP contribution in [0.15, 0.2) is 0 Å². The fraction of sp³-hybridized carbons (Fsp3) is 0.833. The lowest BCUT2D eigenvalue weighted by atomic mass is 9.90. The topological polar surface area (TPSA) is 61.8 Å². The van der Waals surface area contributed by atoms with Gasteiger partial charge >= 0.3 is 11.9 Å². The number of ether oxygens (including phenoxy) is 3.